The van der Waals surface area contributed by atoms with Crippen molar-refractivity contribution < 1.29 is 22.7 Å². The van der Waals surface area contributed by atoms with Crippen molar-refractivity contribution in [2.75, 3.05) is 11.9 Å². The molecule has 0 saturated carbocycles. The van der Waals surface area contributed by atoms with E-state index in [1.165, 1.54) is 24.4 Å². The highest BCUT2D eigenvalue weighted by Gasteiger charge is 2.30. The number of hydrogen-bond donors (Lipinski definition) is 2. The van der Waals surface area contributed by atoms with E-state index in [1.54, 1.807) is 6.07 Å². The Bertz CT molecular complexity index is 681. The fourth-order valence-corrected chi connectivity index (χ4v) is 1.83. The lowest BCUT2D eigenvalue weighted by molar-refractivity contribution is -0.137. The first-order valence-electron chi connectivity index (χ1n) is 7.19. The molecule has 0 spiro atoms. The van der Waals surface area contributed by atoms with Gasteiger partial charge in [0.1, 0.15) is 5.75 Å². The number of aromatic nitrogens is 1. The summed E-state index contributed by atoms with van der Waals surface area (Å²) in [7, 11) is 0. The molecule has 1 heterocycles. The number of nitrogens with zero attached hydrogens (tertiary/aromatic N) is 1. The first-order valence-corrected chi connectivity index (χ1v) is 7.19. The molecule has 144 valence electrons. The van der Waals surface area contributed by atoms with E-state index in [0.29, 0.717) is 25.1 Å². The number of alkyl halides is 3. The third-order valence-corrected chi connectivity index (χ3v) is 3.03. The van der Waals surface area contributed by atoms with Gasteiger partial charge in [-0.05, 0) is 43.3 Å². The van der Waals surface area contributed by atoms with Crippen molar-refractivity contribution >= 4 is 36.4 Å². The summed E-state index contributed by atoms with van der Waals surface area (Å²) in [5.74, 6) is 0.267. The van der Waals surface area contributed by atoms with Crippen LogP contribution in [0.3, 0.4) is 0 Å². The van der Waals surface area contributed by atoms with Gasteiger partial charge in [0.2, 0.25) is 11.8 Å². The minimum atomic E-state index is -4.39. The van der Waals surface area contributed by atoms with E-state index < -0.39 is 11.7 Å². The number of ether oxygens (including phenoxy) is 1. The Hall–Kier alpha value is -2.03. The van der Waals surface area contributed by atoms with E-state index in [9.17, 15) is 18.0 Å². The largest absolute Gasteiger partial charge is 0.439 e. The normalized spacial score (nSPS) is 10.3. The fraction of sp³-hybridized carbons (Fsp3) is 0.250. The predicted molar refractivity (Wildman–Crippen MR) is 97.2 cm³/mol. The zero-order valence-corrected chi connectivity index (χ0v) is 15.1. The number of nitrogens with two attached hydrogens (primary N) is 1. The number of nitrogens with one attached hydrogen (secondary N) is 1. The molecule has 0 aliphatic heterocycles. The molecule has 1 aromatic heterocycles. The summed E-state index contributed by atoms with van der Waals surface area (Å²) in [4.78, 5) is 15.5. The second-order valence-corrected chi connectivity index (χ2v) is 4.95. The lowest BCUT2D eigenvalue weighted by atomic mass is 10.2. The van der Waals surface area contributed by atoms with Gasteiger partial charge in [0.05, 0.1) is 17.4 Å². The van der Waals surface area contributed by atoms with Crippen LogP contribution in [0.1, 0.15) is 18.4 Å². The molecule has 5 nitrogen and oxygen atoms in total. The van der Waals surface area contributed by atoms with E-state index in [-0.39, 0.29) is 42.4 Å². The van der Waals surface area contributed by atoms with Crippen LogP contribution in [-0.4, -0.2) is 17.4 Å². The highest BCUT2D eigenvalue weighted by Crippen LogP contribution is 2.31. The number of pyridine rings is 1. The van der Waals surface area contributed by atoms with E-state index in [2.05, 4.69) is 10.3 Å². The van der Waals surface area contributed by atoms with E-state index >= 15 is 0 Å². The number of benzene rings is 1. The van der Waals surface area contributed by atoms with Crippen molar-refractivity contribution in [3.8, 4) is 11.6 Å². The monoisotopic (exact) mass is 411 g/mol. The van der Waals surface area contributed by atoms with E-state index in [4.69, 9.17) is 10.5 Å². The third kappa shape index (κ3) is 7.47. The second-order valence-electron chi connectivity index (χ2n) is 4.95. The maximum absolute atomic E-state index is 12.5. The highest BCUT2D eigenvalue weighted by molar-refractivity contribution is 5.90. The predicted octanol–water partition coefficient (Wildman–Crippen LogP) is 4.41. The lowest BCUT2D eigenvalue weighted by Gasteiger charge is -2.09. The molecule has 3 N–H and O–H groups in total. The summed E-state index contributed by atoms with van der Waals surface area (Å²) in [6, 6.07) is 7.39. The minimum Gasteiger partial charge on any atom is -0.439 e. The zero-order chi connectivity index (χ0) is 17.6. The first kappa shape index (κ1) is 24.0. The van der Waals surface area contributed by atoms with Crippen LogP contribution in [0, 0.1) is 0 Å². The number of carbonyl (C=O) groups excluding carboxylic acids is 1. The maximum atomic E-state index is 12.5. The summed E-state index contributed by atoms with van der Waals surface area (Å²) < 4.78 is 42.8. The number of hydrogen-bond acceptors (Lipinski definition) is 4. The molecule has 0 unspecified atom stereocenters. The zero-order valence-electron chi connectivity index (χ0n) is 13.5. The molecule has 2 aromatic rings. The molecular weight excluding hydrogens is 394 g/mol. The van der Waals surface area contributed by atoms with Crippen LogP contribution in [0.15, 0.2) is 42.6 Å². The Morgan fingerprint density at radius 3 is 2.27 bits per heavy atom. The molecule has 0 radical (unpaired) electrons. The van der Waals surface area contributed by atoms with Crippen molar-refractivity contribution in [1.29, 1.82) is 0 Å². The molecule has 26 heavy (non-hydrogen) atoms. The van der Waals surface area contributed by atoms with E-state index in [0.717, 1.165) is 12.1 Å². The van der Waals surface area contributed by atoms with Crippen molar-refractivity contribution in [2.45, 2.75) is 19.0 Å². The fourth-order valence-electron chi connectivity index (χ4n) is 1.83. The topological polar surface area (TPSA) is 77.2 Å². The molecule has 0 aliphatic rings. The third-order valence-electron chi connectivity index (χ3n) is 3.03. The Morgan fingerprint density at radius 1 is 1.12 bits per heavy atom. The average Bonchev–Trinajstić information content (AvgIpc) is 2.54. The van der Waals surface area contributed by atoms with Gasteiger partial charge in [0, 0.05) is 12.5 Å². The lowest BCUT2D eigenvalue weighted by Crippen LogP contribution is -2.13. The van der Waals surface area contributed by atoms with Crippen molar-refractivity contribution in [3.05, 3.63) is 48.2 Å². The maximum Gasteiger partial charge on any atom is 0.416 e. The van der Waals surface area contributed by atoms with Crippen LogP contribution in [0.5, 0.6) is 11.6 Å². The molecule has 0 atom stereocenters. The summed E-state index contributed by atoms with van der Waals surface area (Å²) in [6.45, 7) is 0.436. The summed E-state index contributed by atoms with van der Waals surface area (Å²) >= 11 is 0. The van der Waals surface area contributed by atoms with Gasteiger partial charge in [-0.3, -0.25) is 4.79 Å². The molecule has 1 amide bonds. The smallest absolute Gasteiger partial charge is 0.416 e. The molecule has 0 bridgehead atoms. The highest BCUT2D eigenvalue weighted by atomic mass is 35.5. The van der Waals surface area contributed by atoms with Crippen LogP contribution in [0.4, 0.5) is 18.9 Å². The summed E-state index contributed by atoms with van der Waals surface area (Å²) in [5.41, 5.74) is 5.07. The van der Waals surface area contributed by atoms with Crippen molar-refractivity contribution in [1.82, 2.24) is 4.98 Å². The Labute approximate surface area is 161 Å². The van der Waals surface area contributed by atoms with Crippen LogP contribution in [0.25, 0.3) is 0 Å². The van der Waals surface area contributed by atoms with Crippen LogP contribution in [-0.2, 0) is 11.0 Å². The van der Waals surface area contributed by atoms with Gasteiger partial charge in [0.25, 0.3) is 0 Å². The number of rotatable bonds is 6. The van der Waals surface area contributed by atoms with Crippen molar-refractivity contribution in [3.63, 3.8) is 0 Å². The van der Waals surface area contributed by atoms with Gasteiger partial charge in [-0.25, -0.2) is 4.98 Å². The standard InChI is InChI=1S/C16H16F3N3O2.2ClH/c17-16(18,19)11-3-6-13(7-4-11)24-15-8-5-12(10-21-15)22-14(23)2-1-9-20;;/h3-8,10H,1-2,9,20H2,(H,22,23);2*1H. The molecule has 1 aromatic carbocycles. The van der Waals surface area contributed by atoms with Gasteiger partial charge in [-0.2, -0.15) is 13.2 Å². The second kappa shape index (κ2) is 10.8. The van der Waals surface area contributed by atoms with Crippen LogP contribution in [0.2, 0.25) is 0 Å². The summed E-state index contributed by atoms with van der Waals surface area (Å²) in [5, 5.41) is 2.65. The van der Waals surface area contributed by atoms with Crippen LogP contribution < -0.4 is 15.8 Å². The number of carbonyl (C=O) groups is 1. The van der Waals surface area contributed by atoms with E-state index in [1.807, 2.05) is 0 Å². The molecule has 0 aliphatic carbocycles. The van der Waals surface area contributed by atoms with Crippen LogP contribution >= 0.6 is 24.8 Å². The van der Waals surface area contributed by atoms with Gasteiger partial charge < -0.3 is 15.8 Å². The number of anilines is 1. The minimum absolute atomic E-state index is 0. The number of amides is 1. The first-order chi connectivity index (χ1) is 11.4. The molecule has 0 saturated heterocycles. The quantitative estimate of drug-likeness (QED) is 0.737. The molecule has 10 heteroatoms. The van der Waals surface area contributed by atoms with Gasteiger partial charge in [-0.1, -0.05) is 0 Å². The Kier molecular flexibility index (Phi) is 10.0. The molecule has 2 rings (SSSR count). The van der Waals surface area contributed by atoms with Gasteiger partial charge >= 0.3 is 6.18 Å². The summed E-state index contributed by atoms with van der Waals surface area (Å²) in [6.07, 6.45) is -2.07. The average molecular weight is 412 g/mol. The SMILES string of the molecule is Cl.Cl.NCCCC(=O)Nc1ccc(Oc2ccc(C(F)(F)F)cc2)nc1. The van der Waals surface area contributed by atoms with Crippen molar-refractivity contribution in [2.24, 2.45) is 5.73 Å². The van der Waals surface area contributed by atoms with Gasteiger partial charge in [0.15, 0.2) is 0 Å². The Morgan fingerprint density at radius 2 is 1.77 bits per heavy atom. The number of halogens is 5. The Balaban J connectivity index is 0.00000312. The van der Waals surface area contributed by atoms with Gasteiger partial charge in [-0.15, -0.1) is 24.8 Å². The molecular formula is C16H18Cl2F3N3O2. The molecule has 0 fully saturated rings.